The van der Waals surface area contributed by atoms with Crippen LogP contribution in [0.4, 0.5) is 5.69 Å². The number of nitrogens with one attached hydrogen (secondary N) is 2. The number of ether oxygens (including phenoxy) is 1. The van der Waals surface area contributed by atoms with Crippen molar-refractivity contribution in [2.75, 3.05) is 25.5 Å². The molecule has 8 heteroatoms. The highest BCUT2D eigenvalue weighted by Crippen LogP contribution is 2.18. The summed E-state index contributed by atoms with van der Waals surface area (Å²) in [6, 6.07) is 6.34. The SMILES string of the molecule is CC(=O)Nc1ccc(C(=O)OCC(=O)N(C)CC(=O)NC2CC2)cc1. The van der Waals surface area contributed by atoms with Crippen LogP contribution in [0.3, 0.4) is 0 Å². The Balaban J connectivity index is 1.76. The Morgan fingerprint density at radius 3 is 2.36 bits per heavy atom. The van der Waals surface area contributed by atoms with Gasteiger partial charge < -0.3 is 20.3 Å². The van der Waals surface area contributed by atoms with Gasteiger partial charge in [-0.1, -0.05) is 0 Å². The van der Waals surface area contributed by atoms with E-state index in [4.69, 9.17) is 4.74 Å². The van der Waals surface area contributed by atoms with Crippen molar-refractivity contribution in [2.45, 2.75) is 25.8 Å². The smallest absolute Gasteiger partial charge is 0.338 e. The molecule has 1 aliphatic carbocycles. The van der Waals surface area contributed by atoms with Gasteiger partial charge in [-0.3, -0.25) is 14.4 Å². The van der Waals surface area contributed by atoms with Crippen LogP contribution < -0.4 is 10.6 Å². The fraction of sp³-hybridized carbons (Fsp3) is 0.412. The number of hydrogen-bond donors (Lipinski definition) is 2. The molecule has 0 aliphatic heterocycles. The second-order valence-electron chi connectivity index (χ2n) is 5.93. The van der Waals surface area contributed by atoms with Crippen molar-refractivity contribution in [1.82, 2.24) is 10.2 Å². The van der Waals surface area contributed by atoms with Crippen LogP contribution in [0.15, 0.2) is 24.3 Å². The number of carbonyl (C=O) groups excluding carboxylic acids is 4. The van der Waals surface area contributed by atoms with E-state index < -0.39 is 18.5 Å². The average Bonchev–Trinajstić information content (AvgIpc) is 3.36. The molecule has 1 aromatic rings. The Hall–Kier alpha value is -2.90. The number of benzene rings is 1. The lowest BCUT2D eigenvalue weighted by Crippen LogP contribution is -2.40. The number of hydrogen-bond acceptors (Lipinski definition) is 5. The molecule has 1 aromatic carbocycles. The van der Waals surface area contributed by atoms with E-state index in [1.165, 1.54) is 31.0 Å². The summed E-state index contributed by atoms with van der Waals surface area (Å²) in [5, 5.41) is 5.36. The number of carbonyl (C=O) groups is 4. The van der Waals surface area contributed by atoms with E-state index in [-0.39, 0.29) is 30.0 Å². The van der Waals surface area contributed by atoms with Gasteiger partial charge in [-0.05, 0) is 37.1 Å². The second kappa shape index (κ2) is 8.27. The maximum absolute atomic E-state index is 11.9. The number of anilines is 1. The summed E-state index contributed by atoms with van der Waals surface area (Å²) in [5.74, 6) is -1.55. The Morgan fingerprint density at radius 2 is 1.80 bits per heavy atom. The van der Waals surface area contributed by atoms with Crippen molar-refractivity contribution in [3.8, 4) is 0 Å². The summed E-state index contributed by atoms with van der Waals surface area (Å²) in [6.07, 6.45) is 1.95. The Morgan fingerprint density at radius 1 is 1.16 bits per heavy atom. The average molecular weight is 347 g/mol. The molecule has 1 fully saturated rings. The molecule has 0 aromatic heterocycles. The van der Waals surface area contributed by atoms with E-state index in [1.54, 1.807) is 12.1 Å². The van der Waals surface area contributed by atoms with E-state index in [0.717, 1.165) is 12.8 Å². The second-order valence-corrected chi connectivity index (χ2v) is 5.93. The highest BCUT2D eigenvalue weighted by Gasteiger charge is 2.24. The molecule has 0 radical (unpaired) electrons. The number of likely N-dealkylation sites (N-methyl/N-ethyl adjacent to an activating group) is 1. The van der Waals surface area contributed by atoms with Gasteiger partial charge in [-0.25, -0.2) is 4.79 Å². The molecule has 2 rings (SSSR count). The molecule has 1 saturated carbocycles. The first-order valence-electron chi connectivity index (χ1n) is 7.93. The summed E-state index contributed by atoms with van der Waals surface area (Å²) in [4.78, 5) is 47.6. The van der Waals surface area contributed by atoms with Gasteiger partial charge in [0.1, 0.15) is 0 Å². The van der Waals surface area contributed by atoms with E-state index in [9.17, 15) is 19.2 Å². The van der Waals surface area contributed by atoms with Gasteiger partial charge in [0, 0.05) is 25.7 Å². The minimum atomic E-state index is -0.654. The molecule has 0 bridgehead atoms. The van der Waals surface area contributed by atoms with Crippen molar-refractivity contribution in [2.24, 2.45) is 0 Å². The highest BCUT2D eigenvalue weighted by molar-refractivity contribution is 5.93. The Kier molecular flexibility index (Phi) is 6.10. The van der Waals surface area contributed by atoms with Crippen LogP contribution in [0.25, 0.3) is 0 Å². The Labute approximate surface area is 145 Å². The van der Waals surface area contributed by atoms with Gasteiger partial charge in [-0.15, -0.1) is 0 Å². The summed E-state index contributed by atoms with van der Waals surface area (Å²) in [6.45, 7) is 0.868. The van der Waals surface area contributed by atoms with Gasteiger partial charge in [-0.2, -0.15) is 0 Å². The fourth-order valence-corrected chi connectivity index (χ4v) is 2.02. The van der Waals surface area contributed by atoms with Crippen molar-refractivity contribution in [1.29, 1.82) is 0 Å². The molecule has 0 atom stereocenters. The van der Waals surface area contributed by atoms with Crippen LogP contribution in [-0.4, -0.2) is 54.8 Å². The molecule has 134 valence electrons. The van der Waals surface area contributed by atoms with Gasteiger partial charge in [0.05, 0.1) is 12.1 Å². The van der Waals surface area contributed by atoms with Crippen LogP contribution in [-0.2, 0) is 19.1 Å². The number of rotatable bonds is 7. The number of esters is 1. The predicted molar refractivity (Wildman–Crippen MR) is 89.8 cm³/mol. The molecule has 3 amide bonds. The Bertz CT molecular complexity index is 667. The molecule has 0 heterocycles. The largest absolute Gasteiger partial charge is 0.452 e. The molecule has 0 unspecified atom stereocenters. The van der Waals surface area contributed by atoms with Crippen LogP contribution in [0, 0.1) is 0 Å². The summed E-state index contributed by atoms with van der Waals surface area (Å²) < 4.78 is 4.96. The minimum Gasteiger partial charge on any atom is -0.452 e. The maximum atomic E-state index is 11.9. The van der Waals surface area contributed by atoms with E-state index >= 15 is 0 Å². The zero-order chi connectivity index (χ0) is 18.4. The van der Waals surface area contributed by atoms with E-state index in [2.05, 4.69) is 10.6 Å². The van der Waals surface area contributed by atoms with Crippen LogP contribution in [0.2, 0.25) is 0 Å². The molecule has 0 saturated heterocycles. The van der Waals surface area contributed by atoms with Crippen LogP contribution in [0.5, 0.6) is 0 Å². The monoisotopic (exact) mass is 347 g/mol. The zero-order valence-corrected chi connectivity index (χ0v) is 14.2. The fourth-order valence-electron chi connectivity index (χ4n) is 2.02. The zero-order valence-electron chi connectivity index (χ0n) is 14.2. The summed E-state index contributed by atoms with van der Waals surface area (Å²) >= 11 is 0. The summed E-state index contributed by atoms with van der Waals surface area (Å²) in [7, 11) is 1.48. The van der Waals surface area contributed by atoms with Gasteiger partial charge in [0.15, 0.2) is 6.61 Å². The normalized spacial score (nSPS) is 12.9. The van der Waals surface area contributed by atoms with Gasteiger partial charge >= 0.3 is 5.97 Å². The maximum Gasteiger partial charge on any atom is 0.338 e. The molecular weight excluding hydrogens is 326 g/mol. The number of amides is 3. The van der Waals surface area contributed by atoms with Crippen molar-refractivity contribution in [3.05, 3.63) is 29.8 Å². The standard InChI is InChI=1S/C17H21N3O5/c1-11(21)18-13-5-3-12(4-6-13)17(24)25-10-16(23)20(2)9-15(22)19-14-7-8-14/h3-6,14H,7-10H2,1-2H3,(H,18,21)(H,19,22). The lowest BCUT2D eigenvalue weighted by Gasteiger charge is -2.16. The molecule has 25 heavy (non-hydrogen) atoms. The third-order valence-electron chi connectivity index (χ3n) is 3.52. The third kappa shape index (κ3) is 6.25. The minimum absolute atomic E-state index is 0.0711. The molecule has 1 aliphatic rings. The first-order valence-corrected chi connectivity index (χ1v) is 7.93. The van der Waals surface area contributed by atoms with E-state index in [0.29, 0.717) is 5.69 Å². The van der Waals surface area contributed by atoms with Crippen LogP contribution in [0.1, 0.15) is 30.1 Å². The van der Waals surface area contributed by atoms with Gasteiger partial charge in [0.25, 0.3) is 5.91 Å². The van der Waals surface area contributed by atoms with Crippen LogP contribution >= 0.6 is 0 Å². The lowest BCUT2D eigenvalue weighted by atomic mass is 10.2. The topological polar surface area (TPSA) is 105 Å². The summed E-state index contributed by atoms with van der Waals surface area (Å²) in [5.41, 5.74) is 0.817. The first-order chi connectivity index (χ1) is 11.8. The first kappa shape index (κ1) is 18.4. The van der Waals surface area contributed by atoms with Gasteiger partial charge in [0.2, 0.25) is 11.8 Å². The lowest BCUT2D eigenvalue weighted by molar-refractivity contribution is -0.137. The predicted octanol–water partition coefficient (Wildman–Crippen LogP) is 0.539. The van der Waals surface area contributed by atoms with Crippen molar-refractivity contribution >= 4 is 29.4 Å². The van der Waals surface area contributed by atoms with Crippen molar-refractivity contribution < 1.29 is 23.9 Å². The third-order valence-corrected chi connectivity index (χ3v) is 3.52. The molecule has 8 nitrogen and oxygen atoms in total. The van der Waals surface area contributed by atoms with E-state index in [1.807, 2.05) is 0 Å². The van der Waals surface area contributed by atoms with Crippen molar-refractivity contribution in [3.63, 3.8) is 0 Å². The molecule has 2 N–H and O–H groups in total. The highest BCUT2D eigenvalue weighted by atomic mass is 16.5. The quantitative estimate of drug-likeness (QED) is 0.701. The molecular formula is C17H21N3O5. The number of nitrogens with zero attached hydrogens (tertiary/aromatic N) is 1. The molecule has 0 spiro atoms.